The van der Waals surface area contributed by atoms with Crippen molar-refractivity contribution in [3.05, 3.63) is 34.5 Å². The summed E-state index contributed by atoms with van der Waals surface area (Å²) in [6.45, 7) is 4.30. The number of hydrogen-bond acceptors (Lipinski definition) is 3. The number of aromatic nitrogens is 1. The molecule has 1 aromatic rings. The highest BCUT2D eigenvalue weighted by atomic mass is 15.2. The van der Waals surface area contributed by atoms with E-state index >= 15 is 0 Å². The van der Waals surface area contributed by atoms with Gasteiger partial charge in [-0.3, -0.25) is 4.98 Å². The van der Waals surface area contributed by atoms with Crippen molar-refractivity contribution in [2.24, 2.45) is 17.0 Å². The zero-order valence-electron chi connectivity index (χ0n) is 10.8. The highest BCUT2D eigenvalue weighted by Gasteiger charge is 2.33. The standard InChI is InChI=1S/C13H19N5/c1-8-5-10(6-9(2)13(8)17-18-15)11-3-4-16-7-12(11)14/h3-4,7-10,13H,5-6,14H2,1-2H3/t8-,9+,10+,13-. The fourth-order valence-electron chi connectivity index (χ4n) is 3.16. The molecule has 0 radical (unpaired) electrons. The Morgan fingerprint density at radius 1 is 1.39 bits per heavy atom. The zero-order chi connectivity index (χ0) is 13.1. The summed E-state index contributed by atoms with van der Waals surface area (Å²) in [7, 11) is 0. The number of anilines is 1. The first kappa shape index (κ1) is 12.7. The van der Waals surface area contributed by atoms with Gasteiger partial charge >= 0.3 is 0 Å². The molecule has 2 N–H and O–H groups in total. The number of hydrogen-bond donors (Lipinski definition) is 1. The van der Waals surface area contributed by atoms with Gasteiger partial charge < -0.3 is 5.73 Å². The predicted molar refractivity (Wildman–Crippen MR) is 71.9 cm³/mol. The second kappa shape index (κ2) is 5.27. The molecule has 1 aromatic heterocycles. The Labute approximate surface area is 107 Å². The SMILES string of the molecule is C[C@@H]1C[C@H](c2ccncc2N)C[C@H](C)[C@@H]1N=[N+]=[N-]. The first-order valence-electron chi connectivity index (χ1n) is 6.37. The lowest BCUT2D eigenvalue weighted by atomic mass is 9.71. The monoisotopic (exact) mass is 245 g/mol. The van der Waals surface area contributed by atoms with Crippen LogP contribution in [0.3, 0.4) is 0 Å². The minimum Gasteiger partial charge on any atom is -0.397 e. The van der Waals surface area contributed by atoms with Crippen LogP contribution in [-0.2, 0) is 0 Å². The molecule has 1 aliphatic carbocycles. The molecule has 0 bridgehead atoms. The Kier molecular flexibility index (Phi) is 3.72. The Bertz CT molecular complexity index is 454. The van der Waals surface area contributed by atoms with Gasteiger partial charge in [0.2, 0.25) is 0 Å². The lowest BCUT2D eigenvalue weighted by Crippen LogP contribution is -2.32. The molecule has 1 aliphatic rings. The highest BCUT2D eigenvalue weighted by Crippen LogP contribution is 2.42. The molecule has 0 amide bonds. The van der Waals surface area contributed by atoms with E-state index in [9.17, 15) is 0 Å². The molecule has 0 unspecified atom stereocenters. The second-order valence-corrected chi connectivity index (χ2v) is 5.32. The van der Waals surface area contributed by atoms with E-state index in [2.05, 4.69) is 28.9 Å². The molecule has 1 heterocycles. The van der Waals surface area contributed by atoms with Crippen molar-refractivity contribution in [1.29, 1.82) is 0 Å². The Balaban J connectivity index is 2.20. The quantitative estimate of drug-likeness (QED) is 0.491. The molecule has 0 spiro atoms. The van der Waals surface area contributed by atoms with E-state index in [4.69, 9.17) is 11.3 Å². The maximum Gasteiger partial charge on any atom is 0.0535 e. The van der Waals surface area contributed by atoms with E-state index in [1.807, 2.05) is 6.07 Å². The van der Waals surface area contributed by atoms with Crippen LogP contribution >= 0.6 is 0 Å². The maximum atomic E-state index is 8.61. The molecule has 0 aromatic carbocycles. The van der Waals surface area contributed by atoms with Gasteiger partial charge in [-0.1, -0.05) is 19.0 Å². The summed E-state index contributed by atoms with van der Waals surface area (Å²) < 4.78 is 0. The molecule has 4 atom stereocenters. The van der Waals surface area contributed by atoms with E-state index in [0.29, 0.717) is 17.8 Å². The number of pyridine rings is 1. The summed E-state index contributed by atoms with van der Waals surface area (Å²) in [5, 5.41) is 3.93. The molecule has 5 nitrogen and oxygen atoms in total. The smallest absolute Gasteiger partial charge is 0.0535 e. The van der Waals surface area contributed by atoms with E-state index in [1.165, 1.54) is 5.56 Å². The molecule has 18 heavy (non-hydrogen) atoms. The van der Waals surface area contributed by atoms with E-state index < -0.39 is 0 Å². The van der Waals surface area contributed by atoms with Gasteiger partial charge in [-0.05, 0) is 47.8 Å². The first-order chi connectivity index (χ1) is 8.63. The minimum absolute atomic E-state index is 0.106. The number of nitrogens with zero attached hydrogens (tertiary/aromatic N) is 4. The molecule has 5 heteroatoms. The average molecular weight is 245 g/mol. The molecular weight excluding hydrogens is 226 g/mol. The fraction of sp³-hybridized carbons (Fsp3) is 0.615. The van der Waals surface area contributed by atoms with Gasteiger partial charge in [-0.15, -0.1) is 0 Å². The summed E-state index contributed by atoms with van der Waals surface area (Å²) in [4.78, 5) is 7.00. The van der Waals surface area contributed by atoms with Crippen molar-refractivity contribution in [3.63, 3.8) is 0 Å². The molecule has 0 aliphatic heterocycles. The molecule has 1 saturated carbocycles. The normalized spacial score (nSPS) is 31.7. The predicted octanol–water partition coefficient (Wildman–Crippen LogP) is 3.49. The van der Waals surface area contributed by atoms with Gasteiger partial charge in [-0.25, -0.2) is 0 Å². The molecular formula is C13H19N5. The fourth-order valence-corrected chi connectivity index (χ4v) is 3.16. The van der Waals surface area contributed by atoms with Crippen LogP contribution < -0.4 is 5.73 Å². The van der Waals surface area contributed by atoms with Gasteiger partial charge in [0.05, 0.1) is 11.9 Å². The molecule has 96 valence electrons. The van der Waals surface area contributed by atoms with Crippen LogP contribution in [0.2, 0.25) is 0 Å². The van der Waals surface area contributed by atoms with Crippen molar-refractivity contribution in [3.8, 4) is 0 Å². The molecule has 0 saturated heterocycles. The van der Waals surface area contributed by atoms with E-state index in [-0.39, 0.29) is 6.04 Å². The third-order valence-electron chi connectivity index (χ3n) is 3.99. The maximum absolute atomic E-state index is 8.61. The Morgan fingerprint density at radius 2 is 2.06 bits per heavy atom. The van der Waals surface area contributed by atoms with Gasteiger partial charge in [0, 0.05) is 17.2 Å². The lowest BCUT2D eigenvalue weighted by molar-refractivity contribution is 0.225. The van der Waals surface area contributed by atoms with E-state index in [1.54, 1.807) is 12.4 Å². The van der Waals surface area contributed by atoms with E-state index in [0.717, 1.165) is 18.5 Å². The molecule has 1 fully saturated rings. The van der Waals surface area contributed by atoms with Gasteiger partial charge in [0.15, 0.2) is 0 Å². The average Bonchev–Trinajstić information content (AvgIpc) is 2.34. The van der Waals surface area contributed by atoms with Crippen molar-refractivity contribution in [1.82, 2.24) is 4.98 Å². The number of nitrogen functional groups attached to an aromatic ring is 1. The summed E-state index contributed by atoms with van der Waals surface area (Å²) in [6.07, 6.45) is 5.54. The van der Waals surface area contributed by atoms with Crippen molar-refractivity contribution < 1.29 is 0 Å². The highest BCUT2D eigenvalue weighted by molar-refractivity contribution is 5.46. The third-order valence-corrected chi connectivity index (χ3v) is 3.99. The number of nitrogens with two attached hydrogens (primary N) is 1. The Morgan fingerprint density at radius 3 is 2.61 bits per heavy atom. The van der Waals surface area contributed by atoms with Gasteiger partial charge in [0.1, 0.15) is 0 Å². The number of azide groups is 1. The third kappa shape index (κ3) is 2.41. The van der Waals surface area contributed by atoms with Crippen LogP contribution in [0.15, 0.2) is 23.6 Å². The van der Waals surface area contributed by atoms with Crippen molar-refractivity contribution >= 4 is 5.69 Å². The second-order valence-electron chi connectivity index (χ2n) is 5.32. The van der Waals surface area contributed by atoms with Crippen LogP contribution in [0.25, 0.3) is 10.4 Å². The summed E-state index contributed by atoms with van der Waals surface area (Å²) in [6, 6.07) is 2.11. The van der Waals surface area contributed by atoms with Crippen LogP contribution in [0, 0.1) is 11.8 Å². The largest absolute Gasteiger partial charge is 0.397 e. The lowest BCUT2D eigenvalue weighted by Gasteiger charge is -2.37. The van der Waals surface area contributed by atoms with Crippen LogP contribution in [-0.4, -0.2) is 11.0 Å². The van der Waals surface area contributed by atoms with Crippen LogP contribution in [0.4, 0.5) is 5.69 Å². The van der Waals surface area contributed by atoms with Crippen LogP contribution in [0.5, 0.6) is 0 Å². The summed E-state index contributed by atoms with van der Waals surface area (Å²) in [5.41, 5.74) is 16.6. The zero-order valence-corrected chi connectivity index (χ0v) is 10.8. The van der Waals surface area contributed by atoms with Crippen molar-refractivity contribution in [2.45, 2.75) is 38.6 Å². The topological polar surface area (TPSA) is 87.7 Å². The minimum atomic E-state index is 0.106. The van der Waals surface area contributed by atoms with Gasteiger partial charge in [-0.2, -0.15) is 0 Å². The van der Waals surface area contributed by atoms with Crippen LogP contribution in [0.1, 0.15) is 38.2 Å². The van der Waals surface area contributed by atoms with Gasteiger partial charge in [0.25, 0.3) is 0 Å². The number of rotatable bonds is 2. The van der Waals surface area contributed by atoms with Crippen molar-refractivity contribution in [2.75, 3.05) is 5.73 Å². The molecule has 2 rings (SSSR count). The Hall–Kier alpha value is -1.74. The first-order valence-corrected chi connectivity index (χ1v) is 6.37. The summed E-state index contributed by atoms with van der Waals surface area (Å²) >= 11 is 0. The summed E-state index contributed by atoms with van der Waals surface area (Å²) in [5.74, 6) is 1.23.